The Labute approximate surface area is 120 Å². The fourth-order valence-electron chi connectivity index (χ4n) is 1.74. The molecule has 1 rings (SSSR count). The lowest BCUT2D eigenvalue weighted by atomic mass is 9.95. The molecule has 0 spiro atoms. The molecule has 0 saturated heterocycles. The molecule has 1 atom stereocenters. The molecular formula is C14H20BFN2O2. The normalized spacial score (nSPS) is 12.9. The molecule has 108 valence electrons. The fourth-order valence-corrected chi connectivity index (χ4v) is 1.74. The average Bonchev–Trinajstić information content (AvgIpc) is 2.31. The summed E-state index contributed by atoms with van der Waals surface area (Å²) in [5.74, 6) is -0.568. The van der Waals surface area contributed by atoms with Crippen LogP contribution in [0, 0.1) is 5.82 Å². The third-order valence-corrected chi connectivity index (χ3v) is 2.77. The number of rotatable bonds is 3. The van der Waals surface area contributed by atoms with Gasteiger partial charge in [-0.05, 0) is 40.7 Å². The lowest BCUT2D eigenvalue weighted by Gasteiger charge is -2.30. The van der Waals surface area contributed by atoms with E-state index < -0.39 is 17.5 Å². The Morgan fingerprint density at radius 1 is 1.55 bits per heavy atom. The Morgan fingerprint density at radius 2 is 2.15 bits per heavy atom. The summed E-state index contributed by atoms with van der Waals surface area (Å²) in [6, 6.07) is 1.09. The van der Waals surface area contributed by atoms with E-state index in [1.807, 2.05) is 6.92 Å². The number of amides is 1. The largest absolute Gasteiger partial charge is 0.444 e. The first-order valence-corrected chi connectivity index (χ1v) is 6.56. The van der Waals surface area contributed by atoms with E-state index in [4.69, 9.17) is 12.6 Å². The Kier molecular flexibility index (Phi) is 5.14. The van der Waals surface area contributed by atoms with Crippen LogP contribution in [0.5, 0.6) is 0 Å². The highest BCUT2D eigenvalue weighted by molar-refractivity contribution is 6.32. The van der Waals surface area contributed by atoms with E-state index in [0.717, 1.165) is 6.20 Å². The molecule has 1 aromatic rings. The molecule has 0 aliphatic carbocycles. The number of hydrogen-bond donors (Lipinski definition) is 0. The van der Waals surface area contributed by atoms with E-state index in [0.29, 0.717) is 12.2 Å². The van der Waals surface area contributed by atoms with Crippen molar-refractivity contribution in [1.82, 2.24) is 9.88 Å². The SMILES string of the molecule is [B]c1cc([C@@H](C)N(CC)C(=O)OC(C)(C)C)ncc1F. The Bertz CT molecular complexity index is 489. The summed E-state index contributed by atoms with van der Waals surface area (Å²) >= 11 is 0. The molecule has 4 nitrogen and oxygen atoms in total. The van der Waals surface area contributed by atoms with Gasteiger partial charge in [0.2, 0.25) is 0 Å². The van der Waals surface area contributed by atoms with Crippen LogP contribution in [-0.4, -0.2) is 36.0 Å². The van der Waals surface area contributed by atoms with Crippen LogP contribution >= 0.6 is 0 Å². The highest BCUT2D eigenvalue weighted by Gasteiger charge is 2.26. The van der Waals surface area contributed by atoms with Gasteiger partial charge in [-0.1, -0.05) is 5.46 Å². The van der Waals surface area contributed by atoms with Crippen molar-refractivity contribution in [3.05, 3.63) is 23.8 Å². The quantitative estimate of drug-likeness (QED) is 0.797. The third kappa shape index (κ3) is 4.22. The number of hydrogen-bond acceptors (Lipinski definition) is 3. The van der Waals surface area contributed by atoms with E-state index in [1.54, 1.807) is 27.7 Å². The second-order valence-corrected chi connectivity index (χ2v) is 5.57. The molecule has 0 unspecified atom stereocenters. The van der Waals surface area contributed by atoms with Gasteiger partial charge in [-0.25, -0.2) is 9.18 Å². The van der Waals surface area contributed by atoms with Crippen molar-refractivity contribution in [2.24, 2.45) is 0 Å². The highest BCUT2D eigenvalue weighted by atomic mass is 19.1. The number of aromatic nitrogens is 1. The highest BCUT2D eigenvalue weighted by Crippen LogP contribution is 2.20. The zero-order valence-electron chi connectivity index (χ0n) is 12.6. The molecule has 1 heterocycles. The van der Waals surface area contributed by atoms with Gasteiger partial charge in [-0.3, -0.25) is 4.98 Å². The minimum atomic E-state index is -0.570. The van der Waals surface area contributed by atoms with Crippen molar-refractivity contribution < 1.29 is 13.9 Å². The van der Waals surface area contributed by atoms with E-state index >= 15 is 0 Å². The Hall–Kier alpha value is -1.59. The van der Waals surface area contributed by atoms with Crippen LogP contribution in [0.1, 0.15) is 46.4 Å². The summed E-state index contributed by atoms with van der Waals surface area (Å²) < 4.78 is 18.5. The van der Waals surface area contributed by atoms with E-state index in [2.05, 4.69) is 4.98 Å². The number of nitrogens with zero attached hydrogens (tertiary/aromatic N) is 2. The minimum Gasteiger partial charge on any atom is -0.444 e. The van der Waals surface area contributed by atoms with Crippen molar-refractivity contribution in [3.63, 3.8) is 0 Å². The Balaban J connectivity index is 2.93. The number of pyridine rings is 1. The molecule has 0 N–H and O–H groups in total. The molecule has 20 heavy (non-hydrogen) atoms. The zero-order chi connectivity index (χ0) is 15.5. The third-order valence-electron chi connectivity index (χ3n) is 2.77. The standard InChI is InChI=1S/C14H20BFN2O2/c1-6-18(13(19)20-14(3,4)5)9(2)12-7-10(15)11(16)8-17-12/h7-9H,6H2,1-5H3/t9-/m1/s1. The summed E-state index contributed by atoms with van der Waals surface area (Å²) in [6.45, 7) is 9.50. The van der Waals surface area contributed by atoms with Crippen molar-refractivity contribution in [2.45, 2.75) is 46.3 Å². The van der Waals surface area contributed by atoms with Gasteiger partial charge in [0.05, 0.1) is 17.9 Å². The first-order chi connectivity index (χ1) is 9.15. The molecule has 0 aromatic carbocycles. The van der Waals surface area contributed by atoms with Crippen LogP contribution in [0.25, 0.3) is 0 Å². The van der Waals surface area contributed by atoms with Crippen LogP contribution in [0.15, 0.2) is 12.3 Å². The maximum Gasteiger partial charge on any atom is 0.410 e. The first-order valence-electron chi connectivity index (χ1n) is 6.56. The van der Waals surface area contributed by atoms with Crippen LogP contribution in [-0.2, 0) is 4.74 Å². The van der Waals surface area contributed by atoms with Crippen LogP contribution in [0.3, 0.4) is 0 Å². The smallest absolute Gasteiger partial charge is 0.410 e. The zero-order valence-corrected chi connectivity index (χ0v) is 12.6. The van der Waals surface area contributed by atoms with Gasteiger partial charge in [-0.15, -0.1) is 0 Å². The maximum atomic E-state index is 13.1. The van der Waals surface area contributed by atoms with Crippen molar-refractivity contribution in [2.75, 3.05) is 6.54 Å². The number of ether oxygens (including phenoxy) is 1. The van der Waals surface area contributed by atoms with Gasteiger partial charge in [0.25, 0.3) is 0 Å². The number of carbonyl (C=O) groups excluding carboxylic acids is 1. The molecular weight excluding hydrogens is 258 g/mol. The van der Waals surface area contributed by atoms with Gasteiger partial charge in [0.1, 0.15) is 19.3 Å². The summed E-state index contributed by atoms with van der Waals surface area (Å²) in [5.41, 5.74) is -0.0295. The predicted octanol–water partition coefficient (Wildman–Crippen LogP) is 2.33. The monoisotopic (exact) mass is 278 g/mol. The lowest BCUT2D eigenvalue weighted by molar-refractivity contribution is 0.0182. The summed E-state index contributed by atoms with van der Waals surface area (Å²) in [5, 5.41) is 0. The summed E-state index contributed by atoms with van der Waals surface area (Å²) in [7, 11) is 5.53. The van der Waals surface area contributed by atoms with Crippen molar-refractivity contribution in [1.29, 1.82) is 0 Å². The van der Waals surface area contributed by atoms with E-state index in [-0.39, 0.29) is 11.5 Å². The van der Waals surface area contributed by atoms with Gasteiger partial charge >= 0.3 is 6.09 Å². The number of carbonyl (C=O) groups is 1. The molecule has 1 amide bonds. The predicted molar refractivity (Wildman–Crippen MR) is 76.6 cm³/mol. The van der Waals surface area contributed by atoms with Crippen molar-refractivity contribution >= 4 is 19.4 Å². The molecule has 6 heteroatoms. The van der Waals surface area contributed by atoms with Crippen LogP contribution in [0.2, 0.25) is 0 Å². The van der Waals surface area contributed by atoms with Gasteiger partial charge in [-0.2, -0.15) is 0 Å². The summed E-state index contributed by atoms with van der Waals surface area (Å²) in [4.78, 5) is 17.6. The molecule has 1 aromatic heterocycles. The topological polar surface area (TPSA) is 42.4 Å². The molecule has 2 radical (unpaired) electrons. The minimum absolute atomic E-state index is 0.0158. The maximum absolute atomic E-state index is 13.1. The Morgan fingerprint density at radius 3 is 2.60 bits per heavy atom. The van der Waals surface area contributed by atoms with Crippen LogP contribution < -0.4 is 5.46 Å². The molecule has 0 bridgehead atoms. The molecule has 0 aliphatic heterocycles. The average molecular weight is 278 g/mol. The van der Waals surface area contributed by atoms with Gasteiger partial charge in [0, 0.05) is 6.54 Å². The second-order valence-electron chi connectivity index (χ2n) is 5.57. The summed E-state index contributed by atoms with van der Waals surface area (Å²) in [6.07, 6.45) is 0.626. The van der Waals surface area contributed by atoms with Crippen LogP contribution in [0.4, 0.5) is 9.18 Å². The number of halogens is 1. The molecule has 0 saturated carbocycles. The molecule has 0 aliphatic rings. The van der Waals surface area contributed by atoms with E-state index in [9.17, 15) is 9.18 Å². The second kappa shape index (κ2) is 6.24. The van der Waals surface area contributed by atoms with Gasteiger partial charge < -0.3 is 9.64 Å². The van der Waals surface area contributed by atoms with Crippen molar-refractivity contribution in [3.8, 4) is 0 Å². The van der Waals surface area contributed by atoms with Gasteiger partial charge in [0.15, 0.2) is 0 Å². The fraction of sp³-hybridized carbons (Fsp3) is 0.571. The van der Waals surface area contributed by atoms with E-state index in [1.165, 1.54) is 11.0 Å². The lowest BCUT2D eigenvalue weighted by Crippen LogP contribution is -2.38. The molecule has 0 fully saturated rings. The first kappa shape index (κ1) is 16.5.